The molecule has 3 aliphatic heterocycles. The number of carbonyl (C=O) groups is 2. The van der Waals surface area contributed by atoms with Crippen LogP contribution in [0.3, 0.4) is 0 Å². The number of hydrogen-bond donors (Lipinski definition) is 2. The van der Waals surface area contributed by atoms with E-state index in [1.54, 1.807) is 0 Å². The summed E-state index contributed by atoms with van der Waals surface area (Å²) in [4.78, 5) is 30.3. The van der Waals surface area contributed by atoms with Crippen LogP contribution >= 0.6 is 0 Å². The van der Waals surface area contributed by atoms with Crippen LogP contribution in [0.4, 0.5) is 0 Å². The van der Waals surface area contributed by atoms with Gasteiger partial charge in [0.05, 0.1) is 0 Å². The fourth-order valence-electron chi connectivity index (χ4n) is 4.97. The first kappa shape index (κ1) is 20.6. The third-order valence-electron chi connectivity index (χ3n) is 6.62. The zero-order chi connectivity index (χ0) is 21.9. The highest BCUT2D eigenvalue weighted by Crippen LogP contribution is 2.23. The molecule has 0 spiro atoms. The van der Waals surface area contributed by atoms with Crippen molar-refractivity contribution in [3.8, 4) is 0 Å². The zero-order valence-corrected chi connectivity index (χ0v) is 18.3. The Bertz CT molecular complexity index is 945. The first-order valence-electron chi connectivity index (χ1n) is 11.6. The van der Waals surface area contributed by atoms with Crippen molar-refractivity contribution >= 4 is 11.8 Å². The predicted octanol–water partition coefficient (Wildman–Crippen LogP) is 3.45. The van der Waals surface area contributed by atoms with E-state index >= 15 is 0 Å². The van der Waals surface area contributed by atoms with Gasteiger partial charge in [-0.05, 0) is 36.8 Å². The highest BCUT2D eigenvalue weighted by molar-refractivity contribution is 5.95. The smallest absolute Gasteiger partial charge is 0.249 e. The summed E-state index contributed by atoms with van der Waals surface area (Å²) in [6.45, 7) is 1.42. The molecule has 6 nitrogen and oxygen atoms in total. The van der Waals surface area contributed by atoms with E-state index in [0.717, 1.165) is 36.8 Å². The molecule has 1 fully saturated rings. The topological polar surface area (TPSA) is 64.7 Å². The van der Waals surface area contributed by atoms with E-state index in [2.05, 4.69) is 44.7 Å². The summed E-state index contributed by atoms with van der Waals surface area (Å²) in [7, 11) is 0. The molecule has 166 valence electrons. The molecule has 0 saturated heterocycles. The number of nitrogens with zero attached hydrogens (tertiary/aromatic N) is 2. The Morgan fingerprint density at radius 1 is 0.750 bits per heavy atom. The van der Waals surface area contributed by atoms with Gasteiger partial charge in [-0.2, -0.15) is 0 Å². The minimum absolute atomic E-state index is 0.0328. The van der Waals surface area contributed by atoms with Crippen LogP contribution in [0.5, 0.6) is 0 Å². The first-order valence-corrected chi connectivity index (χ1v) is 11.6. The first-order chi connectivity index (χ1) is 15.6. The maximum Gasteiger partial charge on any atom is 0.249 e. The lowest BCUT2D eigenvalue weighted by molar-refractivity contribution is -0.121. The van der Waals surface area contributed by atoms with Gasteiger partial charge >= 0.3 is 0 Å². The number of carbonyl (C=O) groups excluding carboxylic acids is 2. The Labute approximate surface area is 189 Å². The predicted molar refractivity (Wildman–Crippen MR) is 124 cm³/mol. The maximum absolute atomic E-state index is 13.1. The van der Waals surface area contributed by atoms with Crippen molar-refractivity contribution in [1.82, 2.24) is 20.4 Å². The summed E-state index contributed by atoms with van der Waals surface area (Å²) >= 11 is 0. The second kappa shape index (κ2) is 9.07. The molecule has 6 bridgehead atoms. The molecule has 32 heavy (non-hydrogen) atoms. The third-order valence-corrected chi connectivity index (χ3v) is 6.62. The largest absolute Gasteiger partial charge is 0.350 e. The average Bonchev–Trinajstić information content (AvgIpc) is 2.80. The van der Waals surface area contributed by atoms with Crippen molar-refractivity contribution in [3.63, 3.8) is 0 Å². The van der Waals surface area contributed by atoms with Gasteiger partial charge in [0.1, 0.15) is 0 Å². The monoisotopic (exact) mass is 430 g/mol. The fraction of sp³-hybridized carbons (Fsp3) is 0.385. The Morgan fingerprint density at radius 2 is 1.25 bits per heavy atom. The number of nitrogens with one attached hydrogen (secondary N) is 2. The molecule has 2 atom stereocenters. The molecule has 0 aromatic heterocycles. The van der Waals surface area contributed by atoms with Crippen LogP contribution in [0.25, 0.3) is 0 Å². The van der Waals surface area contributed by atoms with Crippen LogP contribution in [0.1, 0.15) is 49.7 Å². The number of fused-ring (bicyclic) bond motifs is 5. The summed E-state index contributed by atoms with van der Waals surface area (Å²) in [5.41, 5.74) is 3.89. The van der Waals surface area contributed by atoms with Gasteiger partial charge in [0, 0.05) is 61.1 Å². The fourth-order valence-corrected chi connectivity index (χ4v) is 4.97. The molecule has 6 heteroatoms. The standard InChI is InChI=1S/C26H30N4O2/c31-25-21-8-4-12-29(17-21)15-19-6-3-7-20(14-19)16-30-13-5-9-22(18-30)26(32)28-24-11-2-1-10-23(24)27-25/h3-7,12-14,17-18,23-24H,1-2,8-11,15-16H2,(H,27,31)(H,28,32)/t23-,24-/m1/s1. The van der Waals surface area contributed by atoms with Gasteiger partial charge in [-0.15, -0.1) is 0 Å². The van der Waals surface area contributed by atoms with Crippen LogP contribution < -0.4 is 10.6 Å². The second-order valence-electron chi connectivity index (χ2n) is 9.10. The molecule has 1 saturated carbocycles. The van der Waals surface area contributed by atoms with Crippen LogP contribution in [0.15, 0.2) is 72.4 Å². The number of hydrogen-bond acceptors (Lipinski definition) is 4. The Balaban J connectivity index is 1.47. The summed E-state index contributed by atoms with van der Waals surface area (Å²) in [6, 6.07) is 8.41. The van der Waals surface area contributed by atoms with Gasteiger partial charge in [-0.1, -0.05) is 49.3 Å². The van der Waals surface area contributed by atoms with Gasteiger partial charge in [0.2, 0.25) is 11.8 Å². The lowest BCUT2D eigenvalue weighted by Gasteiger charge is -2.34. The Morgan fingerprint density at radius 3 is 1.75 bits per heavy atom. The zero-order valence-electron chi connectivity index (χ0n) is 18.3. The second-order valence-corrected chi connectivity index (χ2v) is 9.10. The number of rotatable bonds is 0. The van der Waals surface area contributed by atoms with Gasteiger partial charge < -0.3 is 20.4 Å². The van der Waals surface area contributed by atoms with Crippen LogP contribution in [-0.2, 0) is 22.7 Å². The van der Waals surface area contributed by atoms with E-state index in [9.17, 15) is 9.59 Å². The quantitative estimate of drug-likeness (QED) is 0.662. The lowest BCUT2D eigenvalue weighted by Crippen LogP contribution is -2.53. The highest BCUT2D eigenvalue weighted by atomic mass is 16.2. The van der Waals surface area contributed by atoms with Gasteiger partial charge in [0.15, 0.2) is 0 Å². The third kappa shape index (κ3) is 4.64. The van der Waals surface area contributed by atoms with Crippen molar-refractivity contribution in [1.29, 1.82) is 0 Å². The molecule has 1 aromatic carbocycles. The SMILES string of the molecule is O=C1N[C@@H]2CCCC[C@H]2NC(=O)C2=CN(C=CC2)Cc2cccc(c2)CN2C=CCC1=C2. The van der Waals surface area contributed by atoms with Crippen molar-refractivity contribution in [2.75, 3.05) is 0 Å². The summed E-state index contributed by atoms with van der Waals surface area (Å²) in [5.74, 6) is -0.0656. The number of amides is 2. The van der Waals surface area contributed by atoms with Crippen LogP contribution in [0, 0.1) is 0 Å². The van der Waals surface area contributed by atoms with Gasteiger partial charge in [-0.25, -0.2) is 0 Å². The Kier molecular flexibility index (Phi) is 5.84. The molecule has 2 amide bonds. The van der Waals surface area contributed by atoms with Crippen LogP contribution in [0.2, 0.25) is 0 Å². The molecular weight excluding hydrogens is 400 g/mol. The minimum atomic E-state index is -0.0398. The molecule has 0 unspecified atom stereocenters. The van der Waals surface area contributed by atoms with Crippen molar-refractivity contribution < 1.29 is 9.59 Å². The molecule has 1 aromatic rings. The van der Waals surface area contributed by atoms with Crippen molar-refractivity contribution in [2.45, 2.75) is 63.7 Å². The lowest BCUT2D eigenvalue weighted by atomic mass is 9.89. The molecule has 2 N–H and O–H groups in total. The molecule has 1 aliphatic carbocycles. The highest BCUT2D eigenvalue weighted by Gasteiger charge is 2.30. The molecule has 5 rings (SSSR count). The number of benzene rings is 1. The van der Waals surface area contributed by atoms with E-state index in [1.807, 2.05) is 37.0 Å². The Hall–Kier alpha value is -3.28. The summed E-state index contributed by atoms with van der Waals surface area (Å²) in [5, 5.41) is 6.45. The van der Waals surface area contributed by atoms with Crippen molar-refractivity contribution in [3.05, 3.63) is 83.5 Å². The molecular formula is C26H30N4O2. The molecule has 3 heterocycles. The van der Waals surface area contributed by atoms with Crippen molar-refractivity contribution in [2.24, 2.45) is 0 Å². The van der Waals surface area contributed by atoms with E-state index in [1.165, 1.54) is 11.1 Å². The van der Waals surface area contributed by atoms with Crippen LogP contribution in [-0.4, -0.2) is 33.7 Å². The molecule has 4 aliphatic rings. The minimum Gasteiger partial charge on any atom is -0.350 e. The van der Waals surface area contributed by atoms with Gasteiger partial charge in [-0.3, -0.25) is 9.59 Å². The molecule has 0 radical (unpaired) electrons. The van der Waals surface area contributed by atoms with E-state index in [4.69, 9.17) is 0 Å². The maximum atomic E-state index is 13.1. The van der Waals surface area contributed by atoms with E-state index in [-0.39, 0.29) is 23.9 Å². The van der Waals surface area contributed by atoms with E-state index in [0.29, 0.717) is 25.9 Å². The van der Waals surface area contributed by atoms with Gasteiger partial charge in [0.25, 0.3) is 0 Å². The summed E-state index contributed by atoms with van der Waals surface area (Å²) in [6.07, 6.45) is 17.2. The van der Waals surface area contributed by atoms with E-state index < -0.39 is 0 Å². The normalized spacial score (nSPS) is 25.8. The summed E-state index contributed by atoms with van der Waals surface area (Å²) < 4.78 is 0. The number of allylic oxidation sites excluding steroid dienone is 2. The average molecular weight is 431 g/mol.